The fraction of sp³-hybridized carbons (Fsp3) is 0.500. The summed E-state index contributed by atoms with van der Waals surface area (Å²) < 4.78 is 26.6. The Labute approximate surface area is 226 Å². The monoisotopic (exact) mass is 547 g/mol. The minimum absolute atomic E-state index is 0.110. The molecule has 0 bridgehead atoms. The van der Waals surface area contributed by atoms with E-state index in [2.05, 4.69) is 5.32 Å². The molecule has 37 heavy (non-hydrogen) atoms. The number of carbonyl (C=O) groups excluding carboxylic acids is 2. The zero-order chi connectivity index (χ0) is 27.2. The molecule has 1 aliphatic carbocycles. The summed E-state index contributed by atoms with van der Waals surface area (Å²) in [4.78, 5) is 28.1. The SMILES string of the molecule is Cc1cccc(N(CCCC(=O)N(Cc2cccc(Cl)c2)[C@@H](C)C(=O)NC2CCCC2)S(C)(=O)=O)c1C. The highest BCUT2D eigenvalue weighted by Gasteiger charge is 2.29. The number of rotatable bonds is 11. The Bertz CT molecular complexity index is 1210. The van der Waals surface area contributed by atoms with Gasteiger partial charge in [0.1, 0.15) is 6.04 Å². The average Bonchev–Trinajstić information content (AvgIpc) is 3.34. The summed E-state index contributed by atoms with van der Waals surface area (Å²) in [5.74, 6) is -0.376. The van der Waals surface area contributed by atoms with E-state index in [0.717, 1.165) is 42.4 Å². The summed E-state index contributed by atoms with van der Waals surface area (Å²) >= 11 is 6.16. The summed E-state index contributed by atoms with van der Waals surface area (Å²) in [6.07, 6.45) is 5.72. The van der Waals surface area contributed by atoms with Crippen molar-refractivity contribution in [3.8, 4) is 0 Å². The average molecular weight is 548 g/mol. The molecule has 2 amide bonds. The first-order valence-electron chi connectivity index (χ1n) is 12.9. The number of carbonyl (C=O) groups is 2. The summed E-state index contributed by atoms with van der Waals surface area (Å²) in [6, 6.07) is 12.3. The summed E-state index contributed by atoms with van der Waals surface area (Å²) in [6.45, 7) is 5.99. The van der Waals surface area contributed by atoms with Gasteiger partial charge in [-0.25, -0.2) is 8.42 Å². The van der Waals surface area contributed by atoms with Gasteiger partial charge < -0.3 is 10.2 Å². The van der Waals surface area contributed by atoms with Gasteiger partial charge in [0.15, 0.2) is 0 Å². The molecule has 2 aromatic rings. The maximum atomic E-state index is 13.4. The number of halogens is 1. The van der Waals surface area contributed by atoms with Crippen LogP contribution in [0.3, 0.4) is 0 Å². The zero-order valence-corrected chi connectivity index (χ0v) is 23.7. The van der Waals surface area contributed by atoms with Crippen molar-refractivity contribution in [3.05, 3.63) is 64.2 Å². The van der Waals surface area contributed by atoms with E-state index in [1.54, 1.807) is 30.0 Å². The molecule has 1 atom stereocenters. The first-order valence-corrected chi connectivity index (χ1v) is 15.1. The Hall–Kier alpha value is -2.58. The molecule has 1 N–H and O–H groups in total. The van der Waals surface area contributed by atoms with Gasteiger partial charge in [0, 0.05) is 30.6 Å². The fourth-order valence-corrected chi connectivity index (χ4v) is 6.02. The third-order valence-electron chi connectivity index (χ3n) is 7.11. The molecule has 0 radical (unpaired) electrons. The molecule has 0 heterocycles. The molecule has 0 spiro atoms. The third kappa shape index (κ3) is 7.95. The van der Waals surface area contributed by atoms with Crippen LogP contribution < -0.4 is 9.62 Å². The van der Waals surface area contributed by atoms with Gasteiger partial charge in [-0.3, -0.25) is 13.9 Å². The van der Waals surface area contributed by atoms with Crippen molar-refractivity contribution in [3.63, 3.8) is 0 Å². The van der Waals surface area contributed by atoms with Crippen molar-refractivity contribution in [2.24, 2.45) is 0 Å². The standard InChI is InChI=1S/C28H38ClN3O4S/c1-20-10-7-15-26(21(20)2)32(37(4,35)36)17-9-16-27(33)31(19-23-11-8-12-24(29)18-23)22(3)28(34)30-25-13-5-6-14-25/h7-8,10-12,15,18,22,25H,5-6,9,13-14,16-17,19H2,1-4H3,(H,30,34)/t22-/m0/s1. The fourth-order valence-electron chi connectivity index (χ4n) is 4.79. The highest BCUT2D eigenvalue weighted by Crippen LogP contribution is 2.26. The molecule has 0 saturated heterocycles. The molecule has 9 heteroatoms. The van der Waals surface area contributed by atoms with Crippen molar-refractivity contribution in [2.45, 2.75) is 77.9 Å². The normalized spacial score (nSPS) is 14.8. The van der Waals surface area contributed by atoms with E-state index in [4.69, 9.17) is 11.6 Å². The lowest BCUT2D eigenvalue weighted by Crippen LogP contribution is -2.49. The van der Waals surface area contributed by atoms with Gasteiger partial charge in [-0.2, -0.15) is 0 Å². The Balaban J connectivity index is 1.74. The number of aryl methyl sites for hydroxylation is 1. The van der Waals surface area contributed by atoms with E-state index in [-0.39, 0.29) is 37.4 Å². The van der Waals surface area contributed by atoms with Gasteiger partial charge in [0.25, 0.3) is 0 Å². The van der Waals surface area contributed by atoms with Crippen LogP contribution >= 0.6 is 11.6 Å². The number of anilines is 1. The Kier molecular flexibility index (Phi) is 10.0. The third-order valence-corrected chi connectivity index (χ3v) is 8.52. The van der Waals surface area contributed by atoms with E-state index in [1.165, 1.54) is 10.6 Å². The molecule has 202 valence electrons. The molecule has 1 saturated carbocycles. The number of nitrogens with zero attached hydrogens (tertiary/aromatic N) is 2. The van der Waals surface area contributed by atoms with Crippen LogP contribution in [0.5, 0.6) is 0 Å². The number of hydrogen-bond donors (Lipinski definition) is 1. The van der Waals surface area contributed by atoms with Crippen LogP contribution in [0.2, 0.25) is 5.02 Å². The van der Waals surface area contributed by atoms with Crippen molar-refractivity contribution < 1.29 is 18.0 Å². The first kappa shape index (κ1) is 29.0. The lowest BCUT2D eigenvalue weighted by atomic mass is 10.1. The number of benzene rings is 2. The maximum Gasteiger partial charge on any atom is 0.242 e. The van der Waals surface area contributed by atoms with Gasteiger partial charge in [-0.05, 0) is 74.9 Å². The Morgan fingerprint density at radius 1 is 1.11 bits per heavy atom. The molecule has 3 rings (SSSR count). The lowest BCUT2D eigenvalue weighted by Gasteiger charge is -2.30. The van der Waals surface area contributed by atoms with Crippen molar-refractivity contribution in [2.75, 3.05) is 17.1 Å². The predicted molar refractivity (Wildman–Crippen MR) is 149 cm³/mol. The zero-order valence-electron chi connectivity index (χ0n) is 22.2. The first-order chi connectivity index (χ1) is 17.5. The topological polar surface area (TPSA) is 86.8 Å². The van der Waals surface area contributed by atoms with Gasteiger partial charge in [0.05, 0.1) is 11.9 Å². The van der Waals surface area contributed by atoms with Crippen LogP contribution in [0.1, 0.15) is 62.1 Å². The maximum absolute atomic E-state index is 13.4. The van der Waals surface area contributed by atoms with Crippen molar-refractivity contribution >= 4 is 39.1 Å². The molecule has 1 aliphatic rings. The predicted octanol–water partition coefficient (Wildman–Crippen LogP) is 4.98. The minimum Gasteiger partial charge on any atom is -0.352 e. The van der Waals surface area contributed by atoms with E-state index < -0.39 is 16.1 Å². The number of sulfonamides is 1. The van der Waals surface area contributed by atoms with Crippen LogP contribution in [0, 0.1) is 13.8 Å². The minimum atomic E-state index is -3.54. The number of amides is 2. The summed E-state index contributed by atoms with van der Waals surface area (Å²) in [7, 11) is -3.54. The highest BCUT2D eigenvalue weighted by atomic mass is 35.5. The van der Waals surface area contributed by atoms with Crippen LogP contribution in [0.4, 0.5) is 5.69 Å². The molecule has 0 aromatic heterocycles. The molecule has 0 unspecified atom stereocenters. The lowest BCUT2D eigenvalue weighted by molar-refractivity contribution is -0.141. The summed E-state index contributed by atoms with van der Waals surface area (Å²) in [5.41, 5.74) is 3.33. The van der Waals surface area contributed by atoms with Gasteiger partial charge in [0.2, 0.25) is 21.8 Å². The second-order valence-corrected chi connectivity index (χ2v) is 12.3. The van der Waals surface area contributed by atoms with E-state index >= 15 is 0 Å². The molecule has 7 nitrogen and oxygen atoms in total. The van der Waals surface area contributed by atoms with Gasteiger partial charge in [-0.15, -0.1) is 0 Å². The van der Waals surface area contributed by atoms with Crippen LogP contribution in [-0.2, 0) is 26.2 Å². The van der Waals surface area contributed by atoms with Crippen LogP contribution in [-0.4, -0.2) is 50.0 Å². The molecule has 1 fully saturated rings. The number of nitrogens with one attached hydrogen (secondary N) is 1. The summed E-state index contributed by atoms with van der Waals surface area (Å²) in [5, 5.41) is 3.65. The molecular formula is C28H38ClN3O4S. The van der Waals surface area contributed by atoms with E-state index in [9.17, 15) is 18.0 Å². The quantitative estimate of drug-likeness (QED) is 0.430. The van der Waals surface area contributed by atoms with Crippen LogP contribution in [0.15, 0.2) is 42.5 Å². The number of hydrogen-bond acceptors (Lipinski definition) is 4. The smallest absolute Gasteiger partial charge is 0.242 e. The largest absolute Gasteiger partial charge is 0.352 e. The second kappa shape index (κ2) is 12.8. The Morgan fingerprint density at radius 2 is 1.78 bits per heavy atom. The van der Waals surface area contributed by atoms with Crippen molar-refractivity contribution in [1.82, 2.24) is 10.2 Å². The molecule has 2 aromatic carbocycles. The molecular weight excluding hydrogens is 510 g/mol. The van der Waals surface area contributed by atoms with E-state index in [1.807, 2.05) is 38.1 Å². The van der Waals surface area contributed by atoms with Gasteiger partial charge >= 0.3 is 0 Å². The van der Waals surface area contributed by atoms with E-state index in [0.29, 0.717) is 17.1 Å². The molecule has 0 aliphatic heterocycles. The second-order valence-electron chi connectivity index (χ2n) is 9.98. The van der Waals surface area contributed by atoms with Crippen LogP contribution in [0.25, 0.3) is 0 Å². The van der Waals surface area contributed by atoms with Crippen molar-refractivity contribution in [1.29, 1.82) is 0 Å². The van der Waals surface area contributed by atoms with Gasteiger partial charge in [-0.1, -0.05) is 48.7 Å². The highest BCUT2D eigenvalue weighted by molar-refractivity contribution is 7.92. The Morgan fingerprint density at radius 3 is 2.43 bits per heavy atom.